The first-order valence-electron chi connectivity index (χ1n) is 5.09. The molecule has 1 amide bonds. The molecule has 102 valence electrons. The van der Waals surface area contributed by atoms with Crippen molar-refractivity contribution in [2.75, 3.05) is 0 Å². The highest BCUT2D eigenvalue weighted by Crippen LogP contribution is 2.36. The Balaban J connectivity index is 2.32. The molecule has 1 aliphatic heterocycles. The van der Waals surface area contributed by atoms with Crippen LogP contribution in [-0.2, 0) is 0 Å². The topological polar surface area (TPSA) is 52.6 Å². The van der Waals surface area contributed by atoms with E-state index in [1.54, 1.807) is 0 Å². The second kappa shape index (κ2) is 4.23. The summed E-state index contributed by atoms with van der Waals surface area (Å²) in [6, 6.07) is 3.91. The van der Waals surface area contributed by atoms with E-state index in [2.05, 4.69) is 0 Å². The maximum Gasteiger partial charge on any atom is 0.442 e. The smallest absolute Gasteiger partial charge is 0.359 e. The minimum atomic E-state index is -5.07. The van der Waals surface area contributed by atoms with Crippen molar-refractivity contribution < 1.29 is 27.5 Å². The summed E-state index contributed by atoms with van der Waals surface area (Å²) in [5, 5.41) is 9.56. The molecule has 0 aliphatic carbocycles. The lowest BCUT2D eigenvalue weighted by Crippen LogP contribution is -2.60. The van der Waals surface area contributed by atoms with Crippen molar-refractivity contribution in [2.24, 2.45) is 0 Å². The molecule has 1 aliphatic rings. The van der Waals surface area contributed by atoms with Gasteiger partial charge in [-0.1, -0.05) is 0 Å². The van der Waals surface area contributed by atoms with Gasteiger partial charge in [0.2, 0.25) is 0 Å². The van der Waals surface area contributed by atoms with Crippen LogP contribution in [0.15, 0.2) is 36.5 Å². The molecule has 0 spiro atoms. The van der Waals surface area contributed by atoms with Gasteiger partial charge in [-0.2, -0.15) is 13.2 Å². The summed E-state index contributed by atoms with van der Waals surface area (Å²) in [5.74, 6) is -1.76. The number of amides is 1. The van der Waals surface area contributed by atoms with Crippen molar-refractivity contribution >= 4 is 5.91 Å². The molecule has 0 unspecified atom stereocenters. The Kier molecular flexibility index (Phi) is 2.97. The number of nitrogens with zero attached hydrogens (tertiary/aromatic N) is 1. The molecule has 2 rings (SSSR count). The predicted molar refractivity (Wildman–Crippen MR) is 55.9 cm³/mol. The summed E-state index contributed by atoms with van der Waals surface area (Å²) in [4.78, 5) is 11.9. The zero-order chi connectivity index (χ0) is 14.3. The Morgan fingerprint density at radius 3 is 2.37 bits per heavy atom. The lowest BCUT2D eigenvalue weighted by atomic mass is 10.1. The highest BCUT2D eigenvalue weighted by Gasteiger charge is 2.60. The van der Waals surface area contributed by atoms with Gasteiger partial charge >= 0.3 is 6.18 Å². The molecule has 1 heterocycles. The van der Waals surface area contributed by atoms with E-state index in [9.17, 15) is 27.5 Å². The molecule has 0 saturated carbocycles. The number of hydrogen-bond acceptors (Lipinski definition) is 3. The summed E-state index contributed by atoms with van der Waals surface area (Å²) in [6.45, 7) is 0. The number of nitrogens with one attached hydrogen (secondary N) is 1. The molecule has 4 nitrogen and oxygen atoms in total. The van der Waals surface area contributed by atoms with Crippen molar-refractivity contribution in [3.8, 4) is 0 Å². The van der Waals surface area contributed by atoms with Crippen molar-refractivity contribution in [1.29, 1.82) is 0 Å². The van der Waals surface area contributed by atoms with Gasteiger partial charge in [-0.25, -0.2) is 9.40 Å². The quantitative estimate of drug-likeness (QED) is 0.765. The number of carbonyl (C=O) groups is 1. The molecule has 0 bridgehead atoms. The monoisotopic (exact) mass is 276 g/mol. The van der Waals surface area contributed by atoms with Crippen LogP contribution in [0, 0.1) is 5.82 Å². The zero-order valence-corrected chi connectivity index (χ0v) is 9.28. The molecule has 0 radical (unpaired) electrons. The number of rotatable bonds is 1. The first-order chi connectivity index (χ1) is 8.75. The van der Waals surface area contributed by atoms with Gasteiger partial charge in [-0.15, -0.1) is 0 Å². The predicted octanol–water partition coefficient (Wildman–Crippen LogP) is 1.55. The third kappa shape index (κ3) is 2.14. The van der Waals surface area contributed by atoms with E-state index >= 15 is 0 Å². The van der Waals surface area contributed by atoms with Crippen LogP contribution in [0.2, 0.25) is 0 Å². The van der Waals surface area contributed by atoms with Crippen LogP contribution in [0.1, 0.15) is 10.4 Å². The maximum atomic E-state index is 12.7. The van der Waals surface area contributed by atoms with Crippen molar-refractivity contribution in [3.63, 3.8) is 0 Å². The van der Waals surface area contributed by atoms with Gasteiger partial charge in [0.25, 0.3) is 11.6 Å². The number of hydrogen-bond donors (Lipinski definition) is 2. The van der Waals surface area contributed by atoms with Crippen LogP contribution in [-0.4, -0.2) is 27.9 Å². The Labute approximate surface area is 104 Å². The maximum absolute atomic E-state index is 12.7. The average molecular weight is 276 g/mol. The van der Waals surface area contributed by atoms with Crippen LogP contribution in [0.5, 0.6) is 0 Å². The van der Waals surface area contributed by atoms with E-state index in [-0.39, 0.29) is 10.6 Å². The van der Waals surface area contributed by atoms with Gasteiger partial charge in [-0.05, 0) is 30.3 Å². The molecular weight excluding hydrogens is 268 g/mol. The number of hydrazine groups is 1. The normalized spacial score (nSPS) is 22.5. The third-order valence-corrected chi connectivity index (χ3v) is 2.57. The van der Waals surface area contributed by atoms with Crippen LogP contribution >= 0.6 is 0 Å². The van der Waals surface area contributed by atoms with Gasteiger partial charge in [0.05, 0.1) is 0 Å². The summed E-state index contributed by atoms with van der Waals surface area (Å²) in [6.07, 6.45) is -3.86. The molecule has 8 heteroatoms. The molecule has 0 saturated heterocycles. The number of halogens is 4. The number of aliphatic hydroxyl groups is 1. The van der Waals surface area contributed by atoms with Gasteiger partial charge in [0.1, 0.15) is 5.82 Å². The second-order valence-corrected chi connectivity index (χ2v) is 3.83. The molecule has 1 aromatic rings. The van der Waals surface area contributed by atoms with Crippen LogP contribution in [0.25, 0.3) is 0 Å². The molecular formula is C11H8F4N2O2. The van der Waals surface area contributed by atoms with Gasteiger partial charge < -0.3 is 5.11 Å². The fourth-order valence-corrected chi connectivity index (χ4v) is 1.56. The Hall–Kier alpha value is -2.09. The largest absolute Gasteiger partial charge is 0.442 e. The summed E-state index contributed by atoms with van der Waals surface area (Å²) in [5.41, 5.74) is -1.62. The Morgan fingerprint density at radius 2 is 1.84 bits per heavy atom. The van der Waals surface area contributed by atoms with Crippen LogP contribution < -0.4 is 5.43 Å². The van der Waals surface area contributed by atoms with E-state index in [0.29, 0.717) is 6.08 Å². The van der Waals surface area contributed by atoms with Crippen LogP contribution in [0.3, 0.4) is 0 Å². The molecule has 1 aromatic carbocycles. The van der Waals surface area contributed by atoms with Gasteiger partial charge in [0.15, 0.2) is 0 Å². The fourth-order valence-electron chi connectivity index (χ4n) is 1.56. The minimum absolute atomic E-state index is 0.0280. The summed E-state index contributed by atoms with van der Waals surface area (Å²) >= 11 is 0. The van der Waals surface area contributed by atoms with E-state index in [1.807, 2.05) is 5.43 Å². The third-order valence-electron chi connectivity index (χ3n) is 2.57. The molecule has 0 aromatic heterocycles. The van der Waals surface area contributed by atoms with E-state index in [1.165, 1.54) is 0 Å². The van der Waals surface area contributed by atoms with Gasteiger partial charge in [-0.3, -0.25) is 10.2 Å². The van der Waals surface area contributed by atoms with Crippen molar-refractivity contribution in [2.45, 2.75) is 11.9 Å². The van der Waals surface area contributed by atoms with E-state index < -0.39 is 23.6 Å². The first kappa shape index (κ1) is 13.3. The lowest BCUT2D eigenvalue weighted by molar-refractivity contribution is -0.283. The lowest BCUT2D eigenvalue weighted by Gasteiger charge is -2.33. The minimum Gasteiger partial charge on any atom is -0.359 e. The van der Waals surface area contributed by atoms with Crippen molar-refractivity contribution in [1.82, 2.24) is 10.4 Å². The van der Waals surface area contributed by atoms with Gasteiger partial charge in [0, 0.05) is 11.8 Å². The van der Waals surface area contributed by atoms with Crippen molar-refractivity contribution in [3.05, 3.63) is 47.9 Å². The standard InChI is InChI=1S/C11H8F4N2O2/c12-8-3-1-7(2-4-8)9(18)17-10(19,5-6-16-17)11(13,14)15/h1-6,16,19H/t10-/m1/s1. The molecule has 2 N–H and O–H groups in total. The SMILES string of the molecule is O=C(c1ccc(F)cc1)N1NC=C[C@@]1(O)C(F)(F)F. The highest BCUT2D eigenvalue weighted by molar-refractivity contribution is 5.94. The Morgan fingerprint density at radius 1 is 1.26 bits per heavy atom. The molecule has 1 atom stereocenters. The zero-order valence-electron chi connectivity index (χ0n) is 9.28. The number of benzene rings is 1. The Bertz CT molecular complexity index is 526. The summed E-state index contributed by atoms with van der Waals surface area (Å²) in [7, 11) is 0. The molecule has 0 fully saturated rings. The van der Waals surface area contributed by atoms with Crippen LogP contribution in [0.4, 0.5) is 17.6 Å². The van der Waals surface area contributed by atoms with E-state index in [4.69, 9.17) is 0 Å². The molecule has 19 heavy (non-hydrogen) atoms. The highest BCUT2D eigenvalue weighted by atomic mass is 19.4. The fraction of sp³-hybridized carbons (Fsp3) is 0.182. The van der Waals surface area contributed by atoms with E-state index in [0.717, 1.165) is 30.5 Å². The average Bonchev–Trinajstić information content (AvgIpc) is 2.72. The number of carbonyl (C=O) groups excluding carboxylic acids is 1. The number of alkyl halides is 3. The second-order valence-electron chi connectivity index (χ2n) is 3.83. The summed E-state index contributed by atoms with van der Waals surface area (Å²) < 4.78 is 50.9. The first-order valence-corrected chi connectivity index (χ1v) is 5.09.